The predicted octanol–water partition coefficient (Wildman–Crippen LogP) is 42.9. The van der Waals surface area contributed by atoms with Crippen LogP contribution in [0.3, 0.4) is 0 Å². The van der Waals surface area contributed by atoms with Crippen LogP contribution in [0.5, 0.6) is 34.5 Å². The first-order valence-corrected chi connectivity index (χ1v) is 60.3. The first kappa shape index (κ1) is 120. The van der Waals surface area contributed by atoms with Crippen molar-refractivity contribution in [2.45, 2.75) is 551 Å². The molecule has 0 saturated heterocycles. The maximum atomic E-state index is 7.42. The third-order valence-electron chi connectivity index (χ3n) is 27.9. The molecule has 0 saturated carbocycles. The minimum atomic E-state index is -1.86. The van der Waals surface area contributed by atoms with Gasteiger partial charge in [-0.2, -0.15) is 0 Å². The van der Waals surface area contributed by atoms with E-state index in [-0.39, 0.29) is 28.1 Å². The summed E-state index contributed by atoms with van der Waals surface area (Å²) >= 11 is 0. The molecule has 0 aliphatic rings. The van der Waals surface area contributed by atoms with Gasteiger partial charge >= 0.3 is 25.8 Å². The summed E-state index contributed by atoms with van der Waals surface area (Å²) in [4.78, 5) is 0. The SMILES string of the molecule is CCCCCCCCCCCCCCCOP(Oc1cccc(CCCCCCCC)c1)Oc1cc(C)c(C(C)CC(c2cc(C(C)(C)C)c(OP(OCCCCCCCCCCCCCCC)Oc3cccc(CCCCCCCC)c3)cc2C)c2cc(C(C)(C)C)c(OP(OCCCCCCCCCCCCCCC)Oc3cccc(CCCCCCCC)c3)cc2C)cc1C(C)(C)C. The first-order chi connectivity index (χ1) is 65.9. The standard InChI is InChI=1S/C124H205O9P3/c1-20-26-32-38-44-47-50-53-56-59-62-68-74-89-125-134(128-109-86-77-83-106(96-109)80-71-65-41-35-29-23-4)131-119-93-103(8)112(99-116(119)122(11,12)13)102(7)92-115(113-100-117(123(14,15)16)120(94-104(113)9)132-135(126-90-75-69-63-60-57-54-51-48-45-39-33-27-21-2)129-110-87-78-84-107(97-110)81-72-66-42-36-30-24-5)114-101-118(124(17,18)19)121(95-105(114)10)133-136(127-91-76-70-64-61-58-55-52-49-46-40-34-28-22-3)130-111-88-79-85-108(98-111)82-73-67-43-37-31-25-6/h77-79,83-88,93-102,115H,20-76,80-82,89-92H2,1-19H3. The van der Waals surface area contributed by atoms with Crippen molar-refractivity contribution < 1.29 is 40.7 Å². The largest absolute Gasteiger partial charge is 0.463 e. The highest BCUT2D eigenvalue weighted by atomic mass is 31.2. The third kappa shape index (κ3) is 51.5. The smallest absolute Gasteiger partial charge is 0.418 e. The van der Waals surface area contributed by atoms with Crippen molar-refractivity contribution in [3.8, 4) is 34.5 Å². The van der Waals surface area contributed by atoms with E-state index < -0.39 is 25.8 Å². The molecule has 0 radical (unpaired) electrons. The van der Waals surface area contributed by atoms with Gasteiger partial charge in [-0.05, 0) is 212 Å². The molecule has 6 rings (SSSR count). The zero-order chi connectivity index (χ0) is 98.1. The Morgan fingerprint density at radius 2 is 0.441 bits per heavy atom. The second-order valence-electron chi connectivity index (χ2n) is 44.0. The van der Waals surface area contributed by atoms with E-state index in [1.165, 1.54) is 366 Å². The molecule has 9 nitrogen and oxygen atoms in total. The fourth-order valence-corrected chi connectivity index (χ4v) is 22.4. The monoisotopic (exact) mass is 1930 g/mol. The molecular weight excluding hydrogens is 1730 g/mol. The van der Waals surface area contributed by atoms with Crippen LogP contribution in [-0.2, 0) is 49.1 Å². The highest BCUT2D eigenvalue weighted by molar-refractivity contribution is 7.43. The lowest BCUT2D eigenvalue weighted by Gasteiger charge is -2.33. The van der Waals surface area contributed by atoms with Crippen LogP contribution in [-0.4, -0.2) is 19.8 Å². The average Bonchev–Trinajstić information content (AvgIpc) is 0.756. The zero-order valence-corrected chi connectivity index (χ0v) is 94.0. The fraction of sp³-hybridized carbons (Fsp3) is 0.710. The van der Waals surface area contributed by atoms with Gasteiger partial charge in [0.25, 0.3) is 0 Å². The summed E-state index contributed by atoms with van der Waals surface area (Å²) in [5.41, 5.74) is 13.7. The summed E-state index contributed by atoms with van der Waals surface area (Å²) in [5, 5.41) is 0. The Balaban J connectivity index is 1.43. The molecule has 4 unspecified atom stereocenters. The Bertz CT molecular complexity index is 3830. The molecule has 0 aliphatic heterocycles. The van der Waals surface area contributed by atoms with E-state index in [9.17, 15) is 0 Å². The lowest BCUT2D eigenvalue weighted by Crippen LogP contribution is -2.19. The molecule has 0 N–H and O–H groups in total. The summed E-state index contributed by atoms with van der Waals surface area (Å²) in [6.45, 7) is 46.0. The molecule has 770 valence electrons. The second kappa shape index (κ2) is 72.5. The molecule has 136 heavy (non-hydrogen) atoms. The Hall–Kier alpha value is -4.71. The van der Waals surface area contributed by atoms with E-state index in [0.29, 0.717) is 19.8 Å². The number of aryl methyl sites for hydroxylation is 6. The zero-order valence-electron chi connectivity index (χ0n) is 91.3. The van der Waals surface area contributed by atoms with Gasteiger partial charge in [0.2, 0.25) is 0 Å². The van der Waals surface area contributed by atoms with Gasteiger partial charge in [-0.25, -0.2) is 0 Å². The summed E-state index contributed by atoms with van der Waals surface area (Å²) in [5.74, 6) is 4.87. The number of benzene rings is 6. The van der Waals surface area contributed by atoms with Gasteiger partial charge in [0.05, 0.1) is 19.8 Å². The van der Waals surface area contributed by atoms with Crippen molar-refractivity contribution >= 4 is 25.8 Å². The van der Waals surface area contributed by atoms with Crippen LogP contribution >= 0.6 is 25.8 Å². The van der Waals surface area contributed by atoms with Crippen molar-refractivity contribution in [2.75, 3.05) is 19.8 Å². The molecule has 0 bridgehead atoms. The van der Waals surface area contributed by atoms with Crippen molar-refractivity contribution in [1.82, 2.24) is 0 Å². The molecule has 0 heterocycles. The van der Waals surface area contributed by atoms with Crippen LogP contribution in [0.4, 0.5) is 0 Å². The van der Waals surface area contributed by atoms with Gasteiger partial charge < -0.3 is 27.1 Å². The Morgan fingerprint density at radius 3 is 0.669 bits per heavy atom. The maximum Gasteiger partial charge on any atom is 0.463 e. The molecule has 6 aromatic carbocycles. The molecule has 0 aromatic heterocycles. The molecule has 0 fully saturated rings. The van der Waals surface area contributed by atoms with E-state index in [1.54, 1.807) is 0 Å². The Labute approximate surface area is 842 Å². The lowest BCUT2D eigenvalue weighted by molar-refractivity contribution is 0.256. The van der Waals surface area contributed by atoms with Gasteiger partial charge in [-0.1, -0.05) is 493 Å². The number of rotatable bonds is 83. The Kier molecular flexibility index (Phi) is 64.0. The van der Waals surface area contributed by atoms with E-state index in [0.717, 1.165) is 127 Å². The lowest BCUT2D eigenvalue weighted by atomic mass is 9.74. The van der Waals surface area contributed by atoms with Gasteiger partial charge in [-0.15, -0.1) is 0 Å². The van der Waals surface area contributed by atoms with Crippen LogP contribution in [0, 0.1) is 20.8 Å². The molecule has 4 atom stereocenters. The molecule has 0 spiro atoms. The number of unbranched alkanes of at least 4 members (excludes halogenated alkanes) is 51. The minimum absolute atomic E-state index is 0.0778. The van der Waals surface area contributed by atoms with Crippen LogP contribution in [0.15, 0.2) is 109 Å². The normalized spacial score (nSPS) is 13.2. The van der Waals surface area contributed by atoms with Crippen molar-refractivity contribution in [3.63, 3.8) is 0 Å². The van der Waals surface area contributed by atoms with Gasteiger partial charge in [0.15, 0.2) is 0 Å². The quantitative estimate of drug-likeness (QED) is 0.0274. The molecular formula is C124H205O9P3. The highest BCUT2D eigenvalue weighted by Gasteiger charge is 2.35. The topological polar surface area (TPSA) is 83.1 Å². The number of hydrogen-bond donors (Lipinski definition) is 0. The summed E-state index contributed by atoms with van der Waals surface area (Å²) < 4.78 is 64.2. The molecule has 12 heteroatoms. The van der Waals surface area contributed by atoms with Crippen LogP contribution < -0.4 is 27.1 Å². The maximum absolute atomic E-state index is 7.42. The third-order valence-corrected chi connectivity index (χ3v) is 31.2. The number of hydrogen-bond acceptors (Lipinski definition) is 9. The van der Waals surface area contributed by atoms with Crippen LogP contribution in [0.1, 0.15) is 562 Å². The second-order valence-corrected chi connectivity index (χ2v) is 47.2. The van der Waals surface area contributed by atoms with E-state index >= 15 is 0 Å². The van der Waals surface area contributed by atoms with E-state index in [2.05, 4.69) is 241 Å². The summed E-state index contributed by atoms with van der Waals surface area (Å²) in [6, 6.07) is 40.7. The Morgan fingerprint density at radius 1 is 0.235 bits per heavy atom. The molecule has 0 amide bonds. The average molecular weight is 1930 g/mol. The van der Waals surface area contributed by atoms with E-state index in [1.807, 2.05) is 0 Å². The first-order valence-electron chi connectivity index (χ1n) is 57.0. The van der Waals surface area contributed by atoms with E-state index in [4.69, 9.17) is 40.7 Å². The van der Waals surface area contributed by atoms with Crippen molar-refractivity contribution in [3.05, 3.63) is 176 Å². The van der Waals surface area contributed by atoms with Gasteiger partial charge in [0, 0.05) is 22.6 Å². The fourth-order valence-electron chi connectivity index (χ4n) is 19.4. The summed E-state index contributed by atoms with van der Waals surface area (Å²) in [6.07, 6.45) is 77.2. The van der Waals surface area contributed by atoms with Crippen molar-refractivity contribution in [1.29, 1.82) is 0 Å². The van der Waals surface area contributed by atoms with Crippen molar-refractivity contribution in [2.24, 2.45) is 0 Å². The molecule has 6 aromatic rings. The molecule has 0 aliphatic carbocycles. The van der Waals surface area contributed by atoms with Crippen LogP contribution in [0.2, 0.25) is 0 Å². The summed E-state index contributed by atoms with van der Waals surface area (Å²) in [7, 11) is -5.55. The van der Waals surface area contributed by atoms with Gasteiger partial charge in [-0.3, -0.25) is 13.6 Å². The van der Waals surface area contributed by atoms with Gasteiger partial charge in [0.1, 0.15) is 34.5 Å². The highest BCUT2D eigenvalue weighted by Crippen LogP contribution is 2.53. The van der Waals surface area contributed by atoms with Crippen LogP contribution in [0.25, 0.3) is 0 Å². The minimum Gasteiger partial charge on any atom is -0.418 e. The predicted molar refractivity (Wildman–Crippen MR) is 595 cm³/mol.